The molecular weight excluding hydrogens is 520 g/mol. The lowest BCUT2D eigenvalue weighted by Gasteiger charge is -2.19. The first-order chi connectivity index (χ1) is 18.3. The number of carbonyl (C=O) groups excluding carboxylic acids is 2. The number of anilines is 2. The van der Waals surface area contributed by atoms with Crippen molar-refractivity contribution in [1.82, 2.24) is 0 Å². The lowest BCUT2D eigenvalue weighted by atomic mass is 10.1. The molecule has 0 aliphatic rings. The molecule has 1 unspecified atom stereocenters. The minimum atomic E-state index is -1.07. The zero-order valence-electron chi connectivity index (χ0n) is 20.5. The number of amides is 2. The summed E-state index contributed by atoms with van der Waals surface area (Å²) in [5, 5.41) is 15.1. The number of nitrogens with one attached hydrogen (secondary N) is 2. The van der Waals surface area contributed by atoms with Gasteiger partial charge in [0.05, 0.1) is 12.0 Å². The fourth-order valence-corrected chi connectivity index (χ4v) is 4.97. The van der Waals surface area contributed by atoms with Gasteiger partial charge in [-0.1, -0.05) is 66.2 Å². The SMILES string of the molecule is Cc1ccc(C(=O)O)cc1NC(=O)C(Sc1cccc(NC(=O)Cc2ccc(Cl)cc2)c1)c1ccccc1. The van der Waals surface area contributed by atoms with Gasteiger partial charge in [0.1, 0.15) is 5.25 Å². The van der Waals surface area contributed by atoms with Crippen molar-refractivity contribution in [1.29, 1.82) is 0 Å². The average molecular weight is 545 g/mol. The normalized spacial score (nSPS) is 11.4. The maximum atomic E-state index is 13.5. The second kappa shape index (κ2) is 12.4. The Morgan fingerprint density at radius 3 is 2.32 bits per heavy atom. The van der Waals surface area contributed by atoms with Gasteiger partial charge >= 0.3 is 5.97 Å². The summed E-state index contributed by atoms with van der Waals surface area (Å²) in [6.07, 6.45) is 0.207. The minimum absolute atomic E-state index is 0.0943. The highest BCUT2D eigenvalue weighted by atomic mass is 35.5. The first-order valence-corrected chi connectivity index (χ1v) is 13.0. The highest BCUT2D eigenvalue weighted by Gasteiger charge is 2.23. The van der Waals surface area contributed by atoms with E-state index in [9.17, 15) is 19.5 Å². The predicted octanol–water partition coefficient (Wildman–Crippen LogP) is 7.00. The van der Waals surface area contributed by atoms with Crippen LogP contribution in [0.15, 0.2) is 102 Å². The summed E-state index contributed by atoms with van der Waals surface area (Å²) in [6, 6.07) is 28.4. The first kappa shape index (κ1) is 27.0. The van der Waals surface area contributed by atoms with E-state index < -0.39 is 11.2 Å². The third-order valence-electron chi connectivity index (χ3n) is 5.73. The van der Waals surface area contributed by atoms with Crippen LogP contribution in [0.1, 0.15) is 32.3 Å². The molecule has 0 aliphatic heterocycles. The van der Waals surface area contributed by atoms with E-state index in [0.29, 0.717) is 16.4 Å². The fraction of sp³-hybridized carbons (Fsp3) is 0.100. The third-order valence-corrected chi connectivity index (χ3v) is 7.23. The monoisotopic (exact) mass is 544 g/mol. The van der Waals surface area contributed by atoms with Crippen LogP contribution in [0, 0.1) is 6.92 Å². The molecule has 0 saturated carbocycles. The second-order valence-electron chi connectivity index (χ2n) is 8.61. The molecule has 6 nitrogen and oxygen atoms in total. The van der Waals surface area contributed by atoms with Gasteiger partial charge in [-0.05, 0) is 66.1 Å². The molecule has 0 radical (unpaired) electrons. The summed E-state index contributed by atoms with van der Waals surface area (Å²) in [4.78, 5) is 38.3. The molecular formula is C30H25ClN2O4S. The summed E-state index contributed by atoms with van der Waals surface area (Å²) in [6.45, 7) is 1.81. The van der Waals surface area contributed by atoms with Gasteiger partial charge in [-0.2, -0.15) is 0 Å². The molecule has 0 fully saturated rings. The Morgan fingerprint density at radius 2 is 1.61 bits per heavy atom. The number of aromatic carboxylic acids is 1. The summed E-state index contributed by atoms with van der Waals surface area (Å²) >= 11 is 7.26. The van der Waals surface area contributed by atoms with E-state index >= 15 is 0 Å². The molecule has 0 bridgehead atoms. The minimum Gasteiger partial charge on any atom is -0.478 e. The Kier molecular flexibility index (Phi) is 8.84. The highest BCUT2D eigenvalue weighted by Crippen LogP contribution is 2.37. The summed E-state index contributed by atoms with van der Waals surface area (Å²) in [5.41, 5.74) is 3.55. The molecule has 38 heavy (non-hydrogen) atoms. The average Bonchev–Trinajstić information content (AvgIpc) is 2.90. The summed E-state index contributed by atoms with van der Waals surface area (Å²) < 4.78 is 0. The Balaban J connectivity index is 1.52. The molecule has 0 saturated heterocycles. The topological polar surface area (TPSA) is 95.5 Å². The number of carbonyl (C=O) groups is 3. The first-order valence-electron chi connectivity index (χ1n) is 11.8. The molecule has 8 heteroatoms. The summed E-state index contributed by atoms with van der Waals surface area (Å²) in [5.74, 6) is -1.52. The molecule has 0 aromatic heterocycles. The molecule has 0 aliphatic carbocycles. The van der Waals surface area contributed by atoms with Gasteiger partial charge in [-0.3, -0.25) is 9.59 Å². The zero-order chi connectivity index (χ0) is 27.1. The van der Waals surface area contributed by atoms with Gasteiger partial charge in [0, 0.05) is 21.3 Å². The van der Waals surface area contributed by atoms with Crippen LogP contribution in [0.4, 0.5) is 11.4 Å². The van der Waals surface area contributed by atoms with Gasteiger partial charge in [-0.15, -0.1) is 11.8 Å². The Bertz CT molecular complexity index is 1460. The van der Waals surface area contributed by atoms with Crippen LogP contribution in [0.2, 0.25) is 5.02 Å². The van der Waals surface area contributed by atoms with E-state index in [1.54, 1.807) is 24.3 Å². The molecule has 192 valence electrons. The van der Waals surface area contributed by atoms with Crippen LogP contribution < -0.4 is 10.6 Å². The maximum Gasteiger partial charge on any atom is 0.335 e. The predicted molar refractivity (Wildman–Crippen MR) is 152 cm³/mol. The van der Waals surface area contributed by atoms with E-state index in [4.69, 9.17) is 11.6 Å². The van der Waals surface area contributed by atoms with Gasteiger partial charge in [0.15, 0.2) is 0 Å². The van der Waals surface area contributed by atoms with Crippen molar-refractivity contribution in [3.05, 3.63) is 124 Å². The van der Waals surface area contributed by atoms with Crippen LogP contribution in [0.25, 0.3) is 0 Å². The van der Waals surface area contributed by atoms with E-state index in [1.807, 2.05) is 67.6 Å². The van der Waals surface area contributed by atoms with Gasteiger partial charge < -0.3 is 15.7 Å². The number of aryl methyl sites for hydroxylation is 1. The fourth-order valence-electron chi connectivity index (χ4n) is 3.76. The third kappa shape index (κ3) is 7.25. The quantitative estimate of drug-likeness (QED) is 0.197. The van der Waals surface area contributed by atoms with E-state index in [-0.39, 0.29) is 23.8 Å². The Hall–Kier alpha value is -4.07. The van der Waals surface area contributed by atoms with E-state index in [1.165, 1.54) is 23.9 Å². The van der Waals surface area contributed by atoms with Crippen molar-refractivity contribution in [3.8, 4) is 0 Å². The van der Waals surface area contributed by atoms with Crippen molar-refractivity contribution in [2.75, 3.05) is 10.6 Å². The van der Waals surface area contributed by atoms with E-state index in [0.717, 1.165) is 21.6 Å². The number of thioether (sulfide) groups is 1. The van der Waals surface area contributed by atoms with Crippen LogP contribution in [0.5, 0.6) is 0 Å². The van der Waals surface area contributed by atoms with Gasteiger partial charge in [0.2, 0.25) is 11.8 Å². The van der Waals surface area contributed by atoms with Crippen molar-refractivity contribution >= 4 is 52.5 Å². The molecule has 1 atom stereocenters. The summed E-state index contributed by atoms with van der Waals surface area (Å²) in [7, 11) is 0. The van der Waals surface area contributed by atoms with Crippen LogP contribution in [-0.4, -0.2) is 22.9 Å². The number of halogens is 1. The number of benzene rings is 4. The zero-order valence-corrected chi connectivity index (χ0v) is 22.1. The molecule has 0 spiro atoms. The largest absolute Gasteiger partial charge is 0.478 e. The van der Waals surface area contributed by atoms with Gasteiger partial charge in [-0.25, -0.2) is 4.79 Å². The van der Waals surface area contributed by atoms with Crippen molar-refractivity contribution in [2.45, 2.75) is 23.5 Å². The molecule has 0 heterocycles. The number of hydrogen-bond donors (Lipinski definition) is 3. The van der Waals surface area contributed by atoms with Crippen LogP contribution in [-0.2, 0) is 16.0 Å². The molecule has 4 aromatic carbocycles. The van der Waals surface area contributed by atoms with Crippen molar-refractivity contribution < 1.29 is 19.5 Å². The number of carboxylic acids is 1. The Morgan fingerprint density at radius 1 is 0.868 bits per heavy atom. The van der Waals surface area contributed by atoms with Gasteiger partial charge in [0.25, 0.3) is 0 Å². The van der Waals surface area contributed by atoms with Crippen molar-refractivity contribution in [3.63, 3.8) is 0 Å². The molecule has 4 rings (SSSR count). The molecule has 2 amide bonds. The molecule has 3 N–H and O–H groups in total. The smallest absolute Gasteiger partial charge is 0.335 e. The standard InChI is InChI=1S/C30H25ClN2O4S/c1-19-10-13-22(30(36)37)17-26(19)33-29(35)28(21-6-3-2-4-7-21)38-25-9-5-8-24(18-25)32-27(34)16-20-11-14-23(31)15-12-20/h2-15,17-18,28H,16H2,1H3,(H,32,34)(H,33,35)(H,36,37). The van der Waals surface area contributed by atoms with Crippen LogP contribution >= 0.6 is 23.4 Å². The van der Waals surface area contributed by atoms with E-state index in [2.05, 4.69) is 10.6 Å². The molecule has 4 aromatic rings. The van der Waals surface area contributed by atoms with Crippen molar-refractivity contribution in [2.24, 2.45) is 0 Å². The number of hydrogen-bond acceptors (Lipinski definition) is 4. The second-order valence-corrected chi connectivity index (χ2v) is 10.2. The number of rotatable bonds is 9. The number of carboxylic acid groups (broad SMARTS) is 1. The lowest BCUT2D eigenvalue weighted by molar-refractivity contribution is -0.116. The maximum absolute atomic E-state index is 13.5. The highest BCUT2D eigenvalue weighted by molar-refractivity contribution is 8.00. The van der Waals surface area contributed by atoms with Crippen LogP contribution in [0.3, 0.4) is 0 Å². The Labute approximate surface area is 230 Å². The lowest BCUT2D eigenvalue weighted by Crippen LogP contribution is -2.20.